The molecule has 41 heavy (non-hydrogen) atoms. The first-order valence-electron chi connectivity index (χ1n) is 13.2. The Labute approximate surface area is 238 Å². The number of benzene rings is 2. The Bertz CT molecular complexity index is 1630. The topological polar surface area (TPSA) is 131 Å². The van der Waals surface area contributed by atoms with E-state index in [1.54, 1.807) is 39.9 Å². The van der Waals surface area contributed by atoms with Crippen molar-refractivity contribution in [1.82, 2.24) is 15.0 Å². The van der Waals surface area contributed by atoms with Crippen molar-refractivity contribution in [2.75, 3.05) is 58.3 Å². The van der Waals surface area contributed by atoms with Gasteiger partial charge in [0.05, 0.1) is 44.3 Å². The molecule has 5 aromatic rings. The van der Waals surface area contributed by atoms with E-state index in [0.717, 1.165) is 39.5 Å². The van der Waals surface area contributed by atoms with Crippen LogP contribution in [0.4, 0.5) is 11.5 Å². The van der Waals surface area contributed by atoms with Gasteiger partial charge in [0.2, 0.25) is 0 Å². The first-order valence-corrected chi connectivity index (χ1v) is 13.2. The molecule has 212 valence electrons. The van der Waals surface area contributed by atoms with Gasteiger partial charge in [-0.25, -0.2) is 4.98 Å². The van der Waals surface area contributed by atoms with Crippen LogP contribution in [0.3, 0.4) is 0 Å². The van der Waals surface area contributed by atoms with E-state index in [-0.39, 0.29) is 6.04 Å². The number of aromatic nitrogens is 3. The number of methoxy groups -OCH3 is 3. The fraction of sp³-hybridized carbons (Fsp3) is 0.258. The Balaban J connectivity index is 1.37. The quantitative estimate of drug-likeness (QED) is 0.215. The maximum absolute atomic E-state index is 6.48. The van der Waals surface area contributed by atoms with Crippen LogP contribution in [-0.4, -0.2) is 68.6 Å². The lowest BCUT2D eigenvalue weighted by Crippen LogP contribution is -2.42. The molecule has 0 amide bonds. The third kappa shape index (κ3) is 6.24. The number of fused-ring (bicyclic) bond motifs is 3. The average molecular weight is 555 g/mol. The number of hydrogen-bond acceptors (Lipinski definition) is 10. The van der Waals surface area contributed by atoms with Crippen LogP contribution in [0.15, 0.2) is 73.2 Å². The number of rotatable bonds is 12. The second-order valence-corrected chi connectivity index (χ2v) is 9.59. The van der Waals surface area contributed by atoms with Crippen LogP contribution in [0.1, 0.15) is 0 Å². The maximum atomic E-state index is 6.48. The first-order chi connectivity index (χ1) is 20.0. The van der Waals surface area contributed by atoms with Crippen molar-refractivity contribution in [3.05, 3.63) is 73.2 Å². The Kier molecular flexibility index (Phi) is 8.61. The van der Waals surface area contributed by atoms with E-state index in [2.05, 4.69) is 32.0 Å². The molecule has 3 heterocycles. The predicted octanol–water partition coefficient (Wildman–Crippen LogP) is 4.30. The predicted molar refractivity (Wildman–Crippen MR) is 162 cm³/mol. The van der Waals surface area contributed by atoms with Crippen molar-refractivity contribution < 1.29 is 18.9 Å². The number of para-hydroxylation sites is 1. The van der Waals surface area contributed by atoms with Gasteiger partial charge in [-0.15, -0.1) is 0 Å². The fourth-order valence-corrected chi connectivity index (χ4v) is 4.75. The molecule has 5 rings (SSSR count). The van der Waals surface area contributed by atoms with Crippen LogP contribution in [0, 0.1) is 0 Å². The van der Waals surface area contributed by atoms with Crippen molar-refractivity contribution >= 4 is 33.2 Å². The first kappa shape index (κ1) is 27.9. The van der Waals surface area contributed by atoms with Gasteiger partial charge in [0.25, 0.3) is 0 Å². The average Bonchev–Trinajstić information content (AvgIpc) is 3.01. The van der Waals surface area contributed by atoms with Gasteiger partial charge in [-0.05, 0) is 35.7 Å². The normalized spacial score (nSPS) is 11.9. The molecule has 0 saturated heterocycles. The highest BCUT2D eigenvalue weighted by atomic mass is 16.5. The van der Waals surface area contributed by atoms with Gasteiger partial charge < -0.3 is 35.3 Å². The second-order valence-electron chi connectivity index (χ2n) is 9.59. The number of nitrogen functional groups attached to an aromatic ring is 1. The highest BCUT2D eigenvalue weighted by molar-refractivity contribution is 6.10. The minimum Gasteiger partial charge on any atom is -0.493 e. The van der Waals surface area contributed by atoms with Crippen molar-refractivity contribution in [2.45, 2.75) is 6.04 Å². The minimum atomic E-state index is -0.240. The highest BCUT2D eigenvalue weighted by Gasteiger charge is 2.15. The SMILES string of the molecule is COCCN(C[C@H](N)COc1cncc(-c2cc3c(cnc4cc(OC)c(OC)cc43)c(N)n2)c1)c1ccccc1. The van der Waals surface area contributed by atoms with Crippen LogP contribution in [-0.2, 0) is 4.74 Å². The number of hydrogen-bond donors (Lipinski definition) is 2. The fourth-order valence-electron chi connectivity index (χ4n) is 4.75. The maximum Gasteiger partial charge on any atom is 0.162 e. The number of nitrogens with two attached hydrogens (primary N) is 2. The van der Waals surface area contributed by atoms with Gasteiger partial charge >= 0.3 is 0 Å². The monoisotopic (exact) mass is 554 g/mol. The van der Waals surface area contributed by atoms with Crippen molar-refractivity contribution in [1.29, 1.82) is 0 Å². The molecule has 1 atom stereocenters. The molecule has 0 spiro atoms. The lowest BCUT2D eigenvalue weighted by molar-refractivity contribution is 0.203. The van der Waals surface area contributed by atoms with Crippen LogP contribution < -0.4 is 30.6 Å². The summed E-state index contributed by atoms with van der Waals surface area (Å²) in [4.78, 5) is 15.8. The molecule has 0 fully saturated rings. The van der Waals surface area contributed by atoms with Gasteiger partial charge in [-0.3, -0.25) is 9.97 Å². The van der Waals surface area contributed by atoms with Crippen molar-refractivity contribution in [2.24, 2.45) is 5.73 Å². The molecule has 10 nitrogen and oxygen atoms in total. The molecular formula is C31H34N6O4. The van der Waals surface area contributed by atoms with Crippen LogP contribution >= 0.6 is 0 Å². The summed E-state index contributed by atoms with van der Waals surface area (Å²) in [6.45, 7) is 2.25. The summed E-state index contributed by atoms with van der Waals surface area (Å²) in [5.41, 5.74) is 16.1. The summed E-state index contributed by atoms with van der Waals surface area (Å²) in [5.74, 6) is 2.17. The molecule has 0 aliphatic rings. The van der Waals surface area contributed by atoms with Gasteiger partial charge in [-0.1, -0.05) is 18.2 Å². The van der Waals surface area contributed by atoms with Crippen molar-refractivity contribution in [3.63, 3.8) is 0 Å². The molecule has 0 bridgehead atoms. The molecule has 3 aromatic heterocycles. The van der Waals surface area contributed by atoms with E-state index in [1.807, 2.05) is 42.5 Å². The standard InChI is InChI=1S/C31H34N6O4/c1-38-10-9-37(22-7-5-4-6-8-22)18-21(32)19-41-23-11-20(15-34-16-23)27-12-24-25-13-29(39-2)30(40-3)14-28(25)35-17-26(24)31(33)36-27/h4-8,11-17,21H,9-10,18-19,32H2,1-3H3,(H2,33,36)/t21-/m0/s1. The van der Waals surface area contributed by atoms with Crippen LogP contribution in [0.25, 0.3) is 32.9 Å². The van der Waals surface area contributed by atoms with E-state index >= 15 is 0 Å². The largest absolute Gasteiger partial charge is 0.493 e. The van der Waals surface area contributed by atoms with Gasteiger partial charge in [0.1, 0.15) is 18.2 Å². The lowest BCUT2D eigenvalue weighted by Gasteiger charge is -2.27. The summed E-state index contributed by atoms with van der Waals surface area (Å²) in [6, 6.07) is 17.5. The molecule has 0 unspecified atom stereocenters. The molecule has 0 aliphatic carbocycles. The van der Waals surface area contributed by atoms with E-state index in [4.69, 9.17) is 30.4 Å². The summed E-state index contributed by atoms with van der Waals surface area (Å²) in [6.07, 6.45) is 5.12. The zero-order valence-electron chi connectivity index (χ0n) is 23.4. The molecule has 10 heteroatoms. The molecule has 0 aliphatic heterocycles. The van der Waals surface area contributed by atoms with Gasteiger partial charge in [0, 0.05) is 60.7 Å². The Morgan fingerprint density at radius 3 is 2.41 bits per heavy atom. The molecule has 0 radical (unpaired) electrons. The third-order valence-corrected chi connectivity index (χ3v) is 6.83. The smallest absolute Gasteiger partial charge is 0.162 e. The zero-order chi connectivity index (χ0) is 28.8. The summed E-state index contributed by atoms with van der Waals surface area (Å²) < 4.78 is 22.3. The Hall–Kier alpha value is -4.67. The number of nitrogens with zero attached hydrogens (tertiary/aromatic N) is 4. The molecular weight excluding hydrogens is 520 g/mol. The molecule has 4 N–H and O–H groups in total. The van der Waals surface area contributed by atoms with E-state index in [9.17, 15) is 0 Å². The van der Waals surface area contributed by atoms with Crippen LogP contribution in [0.5, 0.6) is 17.2 Å². The second kappa shape index (κ2) is 12.7. The molecule has 2 aromatic carbocycles. The summed E-state index contributed by atoms with van der Waals surface area (Å²) in [5, 5.41) is 2.51. The third-order valence-electron chi connectivity index (χ3n) is 6.83. The van der Waals surface area contributed by atoms with E-state index in [0.29, 0.717) is 48.5 Å². The Morgan fingerprint density at radius 1 is 0.878 bits per heavy atom. The zero-order valence-corrected chi connectivity index (χ0v) is 23.4. The number of anilines is 2. The van der Waals surface area contributed by atoms with Crippen LogP contribution in [0.2, 0.25) is 0 Å². The Morgan fingerprint density at radius 2 is 1.66 bits per heavy atom. The molecule has 0 saturated carbocycles. The number of ether oxygens (including phenoxy) is 4. The lowest BCUT2D eigenvalue weighted by atomic mass is 10.0. The van der Waals surface area contributed by atoms with Gasteiger partial charge in [-0.2, -0.15) is 0 Å². The highest BCUT2D eigenvalue weighted by Crippen LogP contribution is 2.37. The summed E-state index contributed by atoms with van der Waals surface area (Å²) in [7, 11) is 4.89. The van der Waals surface area contributed by atoms with Crippen molar-refractivity contribution in [3.8, 4) is 28.5 Å². The van der Waals surface area contributed by atoms with E-state index in [1.165, 1.54) is 0 Å². The van der Waals surface area contributed by atoms with E-state index < -0.39 is 0 Å². The number of pyridine rings is 3. The minimum absolute atomic E-state index is 0.240. The summed E-state index contributed by atoms with van der Waals surface area (Å²) >= 11 is 0. The van der Waals surface area contributed by atoms with Gasteiger partial charge in [0.15, 0.2) is 11.5 Å².